The number of nitrogens with zero attached hydrogens (tertiary/aromatic N) is 4. The molecule has 0 bridgehead atoms. The number of carbonyl (C=O) groups is 3. The van der Waals surface area contributed by atoms with Gasteiger partial charge in [-0.2, -0.15) is 5.01 Å². The highest BCUT2D eigenvalue weighted by Crippen LogP contribution is 2.32. The van der Waals surface area contributed by atoms with Gasteiger partial charge in [0.25, 0.3) is 0 Å². The lowest BCUT2D eigenvalue weighted by atomic mass is 9.98. The van der Waals surface area contributed by atoms with Gasteiger partial charge in [-0.3, -0.25) is 14.6 Å². The van der Waals surface area contributed by atoms with E-state index in [9.17, 15) is 14.4 Å². The molecule has 2 aliphatic heterocycles. The van der Waals surface area contributed by atoms with E-state index < -0.39 is 12.2 Å². The van der Waals surface area contributed by atoms with E-state index in [2.05, 4.69) is 29.6 Å². The smallest absolute Gasteiger partial charge is 0.332 e. The van der Waals surface area contributed by atoms with Crippen molar-refractivity contribution in [2.45, 2.75) is 45.1 Å². The average molecular weight is 616 g/mol. The molecule has 9 heteroatoms. The molecule has 2 fully saturated rings. The van der Waals surface area contributed by atoms with E-state index in [-0.39, 0.29) is 30.9 Å². The van der Waals surface area contributed by atoms with Gasteiger partial charge in [0.05, 0.1) is 19.4 Å². The van der Waals surface area contributed by atoms with Gasteiger partial charge >= 0.3 is 6.03 Å². The Balaban J connectivity index is 1.21. The number of hydrogen-bond acceptors (Lipinski definition) is 5. The molecule has 0 saturated carbocycles. The summed E-state index contributed by atoms with van der Waals surface area (Å²) >= 11 is 0. The number of benzene rings is 4. The second-order valence-electron chi connectivity index (χ2n) is 12.0. The lowest BCUT2D eigenvalue weighted by Crippen LogP contribution is -2.66. The number of carbonyl (C=O) groups excluding carboxylic acids is 3. The van der Waals surface area contributed by atoms with Crippen LogP contribution in [0.3, 0.4) is 0 Å². The second kappa shape index (κ2) is 12.7. The molecular formula is C37H37N5O4. The van der Waals surface area contributed by atoms with Gasteiger partial charge in [0.1, 0.15) is 17.8 Å². The number of rotatable bonds is 9. The van der Waals surface area contributed by atoms with Crippen LogP contribution in [0.5, 0.6) is 0 Å². The Morgan fingerprint density at radius 1 is 0.913 bits per heavy atom. The maximum atomic E-state index is 14.4. The molecule has 5 aromatic rings. The van der Waals surface area contributed by atoms with Crippen molar-refractivity contribution in [1.29, 1.82) is 0 Å². The van der Waals surface area contributed by atoms with E-state index >= 15 is 0 Å². The van der Waals surface area contributed by atoms with Gasteiger partial charge in [-0.05, 0) is 52.1 Å². The van der Waals surface area contributed by atoms with Crippen LogP contribution in [0, 0.1) is 0 Å². The zero-order valence-corrected chi connectivity index (χ0v) is 25.8. The highest BCUT2D eigenvalue weighted by atomic mass is 16.3. The van der Waals surface area contributed by atoms with Crippen LogP contribution < -0.4 is 5.32 Å². The Morgan fingerprint density at radius 3 is 2.57 bits per heavy atom. The number of hydrogen-bond donors (Lipinski definition) is 1. The summed E-state index contributed by atoms with van der Waals surface area (Å²) in [6.07, 6.45) is 2.23. The molecule has 0 radical (unpaired) electrons. The first-order valence-corrected chi connectivity index (χ1v) is 15.9. The van der Waals surface area contributed by atoms with Crippen molar-refractivity contribution in [3.8, 4) is 0 Å². The Labute approximate surface area is 267 Å². The van der Waals surface area contributed by atoms with E-state index in [1.807, 2.05) is 89.6 Å². The van der Waals surface area contributed by atoms with E-state index in [1.165, 1.54) is 0 Å². The molecule has 7 rings (SSSR count). The van der Waals surface area contributed by atoms with Gasteiger partial charge in [-0.1, -0.05) is 85.8 Å². The van der Waals surface area contributed by atoms with Gasteiger partial charge in [0.15, 0.2) is 0 Å². The van der Waals surface area contributed by atoms with Crippen molar-refractivity contribution in [3.05, 3.63) is 120 Å². The third-order valence-corrected chi connectivity index (χ3v) is 9.02. The maximum absolute atomic E-state index is 14.4. The summed E-state index contributed by atoms with van der Waals surface area (Å²) in [5.74, 6) is -0.253. The Bertz CT molecular complexity index is 1880. The molecule has 4 amide bonds. The van der Waals surface area contributed by atoms with E-state index in [0.29, 0.717) is 32.5 Å². The zero-order chi connectivity index (χ0) is 31.6. The number of urea groups is 1. The molecule has 2 atom stereocenters. The number of fused-ring (bicyclic) bond motifs is 3. The predicted molar refractivity (Wildman–Crippen MR) is 176 cm³/mol. The Hall–Kier alpha value is -5.15. The summed E-state index contributed by atoms with van der Waals surface area (Å²) in [6.45, 7) is 3.54. The molecule has 9 nitrogen and oxygen atoms in total. The minimum absolute atomic E-state index is 0.0239. The molecule has 0 aliphatic carbocycles. The van der Waals surface area contributed by atoms with Crippen molar-refractivity contribution in [3.63, 3.8) is 0 Å². The van der Waals surface area contributed by atoms with Gasteiger partial charge in [0.2, 0.25) is 11.8 Å². The summed E-state index contributed by atoms with van der Waals surface area (Å²) in [7, 11) is 0. The van der Waals surface area contributed by atoms with Crippen molar-refractivity contribution in [1.82, 2.24) is 25.1 Å². The van der Waals surface area contributed by atoms with Crippen LogP contribution in [0.15, 0.2) is 108 Å². The van der Waals surface area contributed by atoms with Crippen LogP contribution in [0.25, 0.3) is 21.7 Å². The Morgan fingerprint density at radius 2 is 1.72 bits per heavy atom. The predicted octanol–water partition coefficient (Wildman–Crippen LogP) is 5.55. The minimum Gasteiger partial charge on any atom is -0.464 e. The fraction of sp³-hybridized carbons (Fsp3) is 0.270. The molecule has 0 unspecified atom stereocenters. The number of piperazine rings is 1. The van der Waals surface area contributed by atoms with Gasteiger partial charge in [-0.25, -0.2) is 4.79 Å². The van der Waals surface area contributed by atoms with E-state index in [4.69, 9.17) is 4.42 Å². The SMILES string of the molecule is CCCN(C(=O)NCc1ccccc1)N1CC(=O)N2[C@@H](Cc3ccc4occc4c3)C(=O)N(Cc3cccc4ccccc34)C[C@@H]21. The van der Waals surface area contributed by atoms with Crippen molar-refractivity contribution in [2.75, 3.05) is 19.6 Å². The van der Waals surface area contributed by atoms with E-state index in [1.54, 1.807) is 16.2 Å². The molecule has 1 aromatic heterocycles. The summed E-state index contributed by atoms with van der Waals surface area (Å²) in [4.78, 5) is 45.5. The summed E-state index contributed by atoms with van der Waals surface area (Å²) in [6, 6.07) is 30.9. The zero-order valence-electron chi connectivity index (χ0n) is 25.8. The van der Waals surface area contributed by atoms with Gasteiger partial charge in [0, 0.05) is 31.4 Å². The lowest BCUT2D eigenvalue weighted by Gasteiger charge is -2.46. The minimum atomic E-state index is -0.716. The fourth-order valence-electron chi connectivity index (χ4n) is 6.82. The highest BCUT2D eigenvalue weighted by molar-refractivity contribution is 5.92. The summed E-state index contributed by atoms with van der Waals surface area (Å²) in [5, 5.41) is 9.71. The lowest BCUT2D eigenvalue weighted by molar-refractivity contribution is -0.157. The third kappa shape index (κ3) is 5.70. The van der Waals surface area contributed by atoms with Crippen molar-refractivity contribution in [2.24, 2.45) is 0 Å². The summed E-state index contributed by atoms with van der Waals surface area (Å²) < 4.78 is 5.53. The van der Waals surface area contributed by atoms with Crippen LogP contribution >= 0.6 is 0 Å². The van der Waals surface area contributed by atoms with Crippen molar-refractivity contribution >= 4 is 39.6 Å². The van der Waals surface area contributed by atoms with Crippen LogP contribution in [0.2, 0.25) is 0 Å². The maximum Gasteiger partial charge on any atom is 0.332 e. The average Bonchev–Trinajstić information content (AvgIpc) is 3.68. The molecule has 1 N–H and O–H groups in total. The highest BCUT2D eigenvalue weighted by Gasteiger charge is 2.52. The van der Waals surface area contributed by atoms with Crippen LogP contribution in [0.1, 0.15) is 30.0 Å². The number of furan rings is 1. The molecule has 2 aliphatic rings. The Kier molecular flexibility index (Phi) is 8.15. The normalized spacial score (nSPS) is 18.4. The number of hydrazine groups is 1. The summed E-state index contributed by atoms with van der Waals surface area (Å²) in [5.41, 5.74) is 3.75. The fourth-order valence-corrected chi connectivity index (χ4v) is 6.82. The van der Waals surface area contributed by atoms with Gasteiger partial charge in [-0.15, -0.1) is 0 Å². The van der Waals surface area contributed by atoms with E-state index in [0.717, 1.165) is 38.4 Å². The monoisotopic (exact) mass is 615 g/mol. The van der Waals surface area contributed by atoms with Crippen LogP contribution in [-0.2, 0) is 29.1 Å². The number of nitrogens with one attached hydrogen (secondary N) is 1. The number of amides is 4. The van der Waals surface area contributed by atoms with Crippen LogP contribution in [-0.4, -0.2) is 69.5 Å². The second-order valence-corrected chi connectivity index (χ2v) is 12.0. The molecule has 0 spiro atoms. The first-order chi connectivity index (χ1) is 22.5. The standard InChI is InChI=1S/C37H37N5O4/c1-2-18-40(37(45)38-22-26-9-4-3-5-10-26)41-25-35(43)42-32(21-27-15-16-33-29(20-27)17-19-46-33)36(44)39(24-34(41)42)23-30-13-8-12-28-11-6-7-14-31(28)30/h3-17,19-20,32,34H,2,18,21-25H2,1H3,(H,38,45)/t32-,34+/m0/s1. The van der Waals surface area contributed by atoms with Crippen LogP contribution in [0.4, 0.5) is 4.79 Å². The molecular weight excluding hydrogens is 578 g/mol. The first kappa shape index (κ1) is 29.6. The third-order valence-electron chi connectivity index (χ3n) is 9.02. The van der Waals surface area contributed by atoms with Crippen molar-refractivity contribution < 1.29 is 18.8 Å². The first-order valence-electron chi connectivity index (χ1n) is 15.9. The molecule has 3 heterocycles. The molecule has 46 heavy (non-hydrogen) atoms. The quantitative estimate of drug-likeness (QED) is 0.235. The molecule has 4 aromatic carbocycles. The topological polar surface area (TPSA) is 89.3 Å². The van der Waals surface area contributed by atoms with Gasteiger partial charge < -0.3 is 19.5 Å². The molecule has 234 valence electrons. The molecule has 2 saturated heterocycles. The largest absolute Gasteiger partial charge is 0.464 e.